The summed E-state index contributed by atoms with van der Waals surface area (Å²) in [6.07, 6.45) is 2.73. The molecule has 15 heteroatoms. The molecule has 2 unspecified atom stereocenters. The van der Waals surface area contributed by atoms with E-state index < -0.39 is 52.0 Å². The molecule has 0 spiro atoms. The Balaban J connectivity index is 1.82. The predicted octanol–water partition coefficient (Wildman–Crippen LogP) is 4.96. The summed E-state index contributed by atoms with van der Waals surface area (Å²) in [7, 11) is -13.0. The van der Waals surface area contributed by atoms with Gasteiger partial charge in [0.05, 0.1) is 0 Å². The number of benzene rings is 2. The van der Waals surface area contributed by atoms with Crippen LogP contribution in [-0.4, -0.2) is 37.4 Å². The molecule has 0 aromatic heterocycles. The van der Waals surface area contributed by atoms with Crippen LogP contribution in [0.15, 0.2) is 58.9 Å². The monoisotopic (exact) mass is 582 g/mol. The summed E-state index contributed by atoms with van der Waals surface area (Å²) >= 11 is 0. The molecule has 0 amide bonds. The lowest BCUT2D eigenvalue weighted by Crippen LogP contribution is -2.40. The van der Waals surface area contributed by atoms with Gasteiger partial charge >= 0.3 is 31.3 Å². The van der Waals surface area contributed by atoms with Crippen LogP contribution in [0.3, 0.4) is 0 Å². The average Bonchev–Trinajstić information content (AvgIpc) is 3.17. The Bertz CT molecular complexity index is 1430. The van der Waals surface area contributed by atoms with Gasteiger partial charge in [0.2, 0.25) is 0 Å². The lowest BCUT2D eigenvalue weighted by molar-refractivity contribution is -0.0610. The predicted molar refractivity (Wildman–Crippen MR) is 121 cm³/mol. The van der Waals surface area contributed by atoms with Gasteiger partial charge in [0.25, 0.3) is 0 Å². The summed E-state index contributed by atoms with van der Waals surface area (Å²) in [6, 6.07) is 11.7. The van der Waals surface area contributed by atoms with Crippen molar-refractivity contribution in [3.63, 3.8) is 0 Å². The van der Waals surface area contributed by atoms with Gasteiger partial charge in [-0.25, -0.2) is 8.37 Å². The fourth-order valence-corrected chi connectivity index (χ4v) is 7.33. The summed E-state index contributed by atoms with van der Waals surface area (Å²) in [6.45, 7) is 2.18. The highest BCUT2D eigenvalue weighted by Crippen LogP contribution is 2.50. The third-order valence-corrected chi connectivity index (χ3v) is 9.99. The van der Waals surface area contributed by atoms with Crippen molar-refractivity contribution in [2.75, 3.05) is 0 Å². The lowest BCUT2D eigenvalue weighted by Gasteiger charge is -2.33. The van der Waals surface area contributed by atoms with Gasteiger partial charge in [-0.2, -0.15) is 43.2 Å². The number of hydrogen-bond donors (Lipinski definition) is 0. The number of alkyl halides is 6. The minimum absolute atomic E-state index is 0.0418. The van der Waals surface area contributed by atoms with Crippen molar-refractivity contribution in [3.8, 4) is 0 Å². The number of fused-ring (bicyclic) bond motifs is 2. The van der Waals surface area contributed by atoms with E-state index in [9.17, 15) is 43.2 Å². The molecule has 0 saturated carbocycles. The van der Waals surface area contributed by atoms with Gasteiger partial charge in [0.15, 0.2) is 0 Å². The third kappa shape index (κ3) is 4.56. The molecule has 0 heterocycles. The summed E-state index contributed by atoms with van der Waals surface area (Å²) in [5, 5.41) is -0.0837. The molecule has 0 saturated heterocycles. The zero-order valence-electron chi connectivity index (χ0n) is 18.8. The van der Waals surface area contributed by atoms with Gasteiger partial charge in [-0.05, 0) is 46.5 Å². The van der Waals surface area contributed by atoms with Gasteiger partial charge in [0.1, 0.15) is 20.7 Å². The average molecular weight is 583 g/mol. The maximum Gasteiger partial charge on any atom is 0.523 e. The first-order valence-electron chi connectivity index (χ1n) is 10.3. The van der Waals surface area contributed by atoms with E-state index in [0.29, 0.717) is 11.1 Å². The van der Waals surface area contributed by atoms with Crippen molar-refractivity contribution >= 4 is 41.9 Å². The quantitative estimate of drug-likeness (QED) is 0.207. The Morgan fingerprint density at radius 3 is 1.30 bits per heavy atom. The van der Waals surface area contributed by atoms with Gasteiger partial charge in [-0.3, -0.25) is 0 Å². The first-order valence-corrected chi connectivity index (χ1v) is 14.1. The van der Waals surface area contributed by atoms with Crippen LogP contribution in [0.5, 0.6) is 0 Å². The van der Waals surface area contributed by atoms with Gasteiger partial charge in [-0.15, -0.1) is 0 Å². The van der Waals surface area contributed by atoms with E-state index in [2.05, 4.69) is 0 Å². The summed E-state index contributed by atoms with van der Waals surface area (Å²) in [5.74, 6) is 0. The van der Waals surface area contributed by atoms with Crippen molar-refractivity contribution < 1.29 is 51.5 Å². The molecule has 2 atom stereocenters. The van der Waals surface area contributed by atoms with Gasteiger partial charge in [0, 0.05) is 0 Å². The second kappa shape index (κ2) is 8.52. The van der Waals surface area contributed by atoms with Crippen molar-refractivity contribution in [2.45, 2.75) is 36.1 Å². The zero-order chi connectivity index (χ0) is 27.7. The molecule has 6 nitrogen and oxygen atoms in total. The van der Waals surface area contributed by atoms with E-state index in [1.807, 2.05) is 0 Å². The van der Waals surface area contributed by atoms with E-state index in [1.54, 1.807) is 12.1 Å². The lowest BCUT2D eigenvalue weighted by atomic mass is 9.98. The third-order valence-electron chi connectivity index (χ3n) is 5.97. The van der Waals surface area contributed by atoms with Crippen LogP contribution in [0.2, 0.25) is 0 Å². The van der Waals surface area contributed by atoms with Crippen molar-refractivity contribution in [1.82, 2.24) is 0 Å². The van der Waals surface area contributed by atoms with Crippen LogP contribution in [0.1, 0.15) is 36.1 Å². The fraction of sp³-hybridized carbons (Fsp3) is 0.273. The maximum absolute atomic E-state index is 13.2. The largest absolute Gasteiger partial charge is 0.523 e. The molecule has 0 aliphatic heterocycles. The van der Waals surface area contributed by atoms with Crippen LogP contribution in [0.25, 0.3) is 12.2 Å². The topological polar surface area (TPSA) is 86.7 Å². The highest BCUT2D eigenvalue weighted by molar-refractivity contribution is 7.87. The normalized spacial score (nSPS) is 23.9. The molecule has 2 aliphatic rings. The number of rotatable bonds is 6. The highest BCUT2D eigenvalue weighted by Gasteiger charge is 2.56. The van der Waals surface area contributed by atoms with E-state index in [1.165, 1.54) is 48.6 Å². The number of halogens is 6. The molecule has 0 fully saturated rings. The van der Waals surface area contributed by atoms with Crippen LogP contribution < -0.4 is 0 Å². The van der Waals surface area contributed by atoms with E-state index >= 15 is 0 Å². The molecule has 2 aromatic carbocycles. The van der Waals surface area contributed by atoms with E-state index in [0.717, 1.165) is 13.8 Å². The summed E-state index contributed by atoms with van der Waals surface area (Å²) < 4.78 is 137. The van der Waals surface area contributed by atoms with Crippen LogP contribution >= 0.6 is 0 Å². The van der Waals surface area contributed by atoms with Gasteiger partial charge < -0.3 is 0 Å². The minimum Gasteiger partial charge on any atom is -0.248 e. The second-order valence-corrected chi connectivity index (χ2v) is 12.9. The second-order valence-electron chi connectivity index (χ2n) is 8.45. The Labute approximate surface area is 210 Å². The van der Waals surface area contributed by atoms with Crippen molar-refractivity contribution in [3.05, 3.63) is 81.2 Å². The Morgan fingerprint density at radius 2 is 0.973 bits per heavy atom. The SMILES string of the molecule is CC1(OS(=O)(=O)C(F)(F)F)C([Si]C2=Cc3ccccc3C2(C)OS(=O)(=O)C(F)(F)F)=Cc2ccccc21. The molecule has 37 heavy (non-hydrogen) atoms. The maximum atomic E-state index is 13.2. The molecule has 198 valence electrons. The molecule has 0 bridgehead atoms. The molecule has 2 radical (unpaired) electrons. The minimum atomic E-state index is -6.11. The number of hydrogen-bond acceptors (Lipinski definition) is 6. The first kappa shape index (κ1) is 27.6. The van der Waals surface area contributed by atoms with Crippen LogP contribution in [0, 0.1) is 0 Å². The molecular weight excluding hydrogens is 566 g/mol. The standard InChI is InChI=1S/C22H16F6O6S2Si/c1-19(33-35(29,30)21(23,24)25)15-9-5-3-7-13(15)11-17(19)37-18-12-14-8-4-6-10-16(14)20(18,2)34-36(31,32)22(26,27)28/h3-12H,1-2H3. The summed E-state index contributed by atoms with van der Waals surface area (Å²) in [5.41, 5.74) is -15.1. The molecule has 2 aromatic rings. The fourth-order valence-electron chi connectivity index (χ4n) is 4.16. The van der Waals surface area contributed by atoms with Gasteiger partial charge in [-0.1, -0.05) is 60.7 Å². The van der Waals surface area contributed by atoms with Crippen LogP contribution in [0.4, 0.5) is 26.3 Å². The van der Waals surface area contributed by atoms with E-state index in [4.69, 9.17) is 8.37 Å². The Kier molecular flexibility index (Phi) is 6.35. The van der Waals surface area contributed by atoms with Crippen molar-refractivity contribution in [2.24, 2.45) is 0 Å². The summed E-state index contributed by atoms with van der Waals surface area (Å²) in [4.78, 5) is 0. The smallest absolute Gasteiger partial charge is 0.248 e. The first-order chi connectivity index (χ1) is 16.8. The Morgan fingerprint density at radius 1 is 0.649 bits per heavy atom. The van der Waals surface area contributed by atoms with Crippen LogP contribution in [-0.2, 0) is 39.8 Å². The van der Waals surface area contributed by atoms with E-state index in [-0.39, 0.29) is 21.5 Å². The highest BCUT2D eigenvalue weighted by atomic mass is 32.2. The molecular formula is C22H16F6O6S2Si. The molecule has 4 rings (SSSR count). The Hall–Kier alpha value is -2.46. The zero-order valence-corrected chi connectivity index (χ0v) is 21.4. The molecule has 0 N–H and O–H groups in total. The molecule has 2 aliphatic carbocycles. The van der Waals surface area contributed by atoms with Crippen molar-refractivity contribution in [1.29, 1.82) is 0 Å².